The Morgan fingerprint density at radius 1 is 1.47 bits per heavy atom. The van der Waals surface area contributed by atoms with Crippen LogP contribution in [-0.4, -0.2) is 22.9 Å². The van der Waals surface area contributed by atoms with E-state index in [0.29, 0.717) is 5.69 Å². The molecular formula is C8H8N3O4+. The van der Waals surface area contributed by atoms with E-state index in [1.54, 1.807) is 14.0 Å². The molecule has 0 bridgehead atoms. The smallest absolute Gasteiger partial charge is 0.338 e. The van der Waals surface area contributed by atoms with Gasteiger partial charge in [0.2, 0.25) is 5.28 Å². The number of aromatic nitrogens is 1. The molecule has 7 nitrogen and oxygen atoms in total. The lowest BCUT2D eigenvalue weighted by molar-refractivity contribution is -0.517. The van der Waals surface area contributed by atoms with Crippen molar-refractivity contribution in [2.75, 3.05) is 7.05 Å². The molecule has 7 heteroatoms. The lowest BCUT2D eigenvalue weighted by Gasteiger charge is -1.85. The number of nitrogens with one attached hydrogen (secondary N) is 1. The topological polar surface area (TPSA) is 87.7 Å². The third-order valence-corrected chi connectivity index (χ3v) is 2.01. The summed E-state index contributed by atoms with van der Waals surface area (Å²) in [5, 5.41) is 5.82. The molecule has 0 radical (unpaired) electrons. The van der Waals surface area contributed by atoms with Crippen molar-refractivity contribution in [3.05, 3.63) is 27.4 Å². The van der Waals surface area contributed by atoms with Crippen LogP contribution in [0, 0.1) is 6.92 Å². The van der Waals surface area contributed by atoms with E-state index in [9.17, 15) is 9.59 Å². The van der Waals surface area contributed by atoms with E-state index in [1.807, 2.05) is 0 Å². The quantitative estimate of drug-likeness (QED) is 0.529. The van der Waals surface area contributed by atoms with Crippen molar-refractivity contribution in [2.24, 2.45) is 5.28 Å². The van der Waals surface area contributed by atoms with Gasteiger partial charge in [-0.1, -0.05) is 0 Å². The number of rotatable bonds is 1. The van der Waals surface area contributed by atoms with E-state index >= 15 is 0 Å². The predicted octanol–water partition coefficient (Wildman–Crippen LogP) is 0.184. The van der Waals surface area contributed by atoms with Crippen LogP contribution in [0.2, 0.25) is 0 Å². The number of carbonyl (C=O) groups excluding carboxylic acids is 1. The Morgan fingerprint density at radius 3 is 2.67 bits per heavy atom. The van der Waals surface area contributed by atoms with E-state index in [0.717, 1.165) is 0 Å². The van der Waals surface area contributed by atoms with E-state index < -0.39 is 11.6 Å². The largest absolute Gasteiger partial charge is 0.437 e. The van der Waals surface area contributed by atoms with Crippen LogP contribution in [0.5, 0.6) is 0 Å². The van der Waals surface area contributed by atoms with Gasteiger partial charge >= 0.3 is 17.3 Å². The van der Waals surface area contributed by atoms with Crippen molar-refractivity contribution in [2.45, 2.75) is 6.92 Å². The van der Waals surface area contributed by atoms with E-state index in [4.69, 9.17) is 0 Å². The Balaban J connectivity index is 2.51. The first-order chi connectivity index (χ1) is 7.09. The molecule has 0 aromatic carbocycles. The van der Waals surface area contributed by atoms with Crippen LogP contribution in [0.4, 0.5) is 0 Å². The molecule has 0 atom stereocenters. The zero-order valence-corrected chi connectivity index (χ0v) is 8.10. The molecule has 1 aromatic heterocycles. The minimum absolute atomic E-state index is 0.185. The summed E-state index contributed by atoms with van der Waals surface area (Å²) in [7, 11) is 1.54. The molecule has 0 amide bonds. The molecule has 2 rings (SSSR count). The fourth-order valence-corrected chi connectivity index (χ4v) is 1.16. The molecule has 0 aliphatic carbocycles. The molecule has 1 aromatic rings. The predicted molar refractivity (Wildman–Crippen MR) is 46.7 cm³/mol. The van der Waals surface area contributed by atoms with Gasteiger partial charge in [-0.2, -0.15) is 0 Å². The molecule has 0 saturated carbocycles. The van der Waals surface area contributed by atoms with Gasteiger partial charge in [0.25, 0.3) is 0 Å². The molecular weight excluding hydrogens is 202 g/mol. The maximum absolute atomic E-state index is 11.2. The molecule has 1 aliphatic rings. The second kappa shape index (κ2) is 3.19. The lowest BCUT2D eigenvalue weighted by Crippen LogP contribution is -2.07. The number of likely N-dealkylation sites (N-methyl/N-ethyl adjacent to an activating group) is 1. The average molecular weight is 210 g/mol. The molecule has 1 aliphatic heterocycles. The van der Waals surface area contributed by atoms with Gasteiger partial charge in [0.1, 0.15) is 0 Å². The maximum atomic E-state index is 11.2. The van der Waals surface area contributed by atoms with E-state index in [-0.39, 0.29) is 11.3 Å². The normalized spacial score (nSPS) is 18.1. The van der Waals surface area contributed by atoms with Crippen LogP contribution in [0.3, 0.4) is 0 Å². The van der Waals surface area contributed by atoms with Crippen LogP contribution in [0.25, 0.3) is 6.08 Å². The highest BCUT2D eigenvalue weighted by Crippen LogP contribution is 2.13. The zero-order valence-electron chi connectivity index (χ0n) is 8.10. The highest BCUT2D eigenvalue weighted by molar-refractivity contribution is 5.91. The summed E-state index contributed by atoms with van der Waals surface area (Å²) >= 11 is 0. The molecule has 0 fully saturated rings. The second-order valence-corrected chi connectivity index (χ2v) is 3.04. The lowest BCUT2D eigenvalue weighted by atomic mass is 10.2. The summed E-state index contributed by atoms with van der Waals surface area (Å²) in [6.07, 6.45) is 1.37. The van der Waals surface area contributed by atoms with Crippen molar-refractivity contribution in [3.8, 4) is 0 Å². The summed E-state index contributed by atoms with van der Waals surface area (Å²) in [6, 6.07) is 0. The highest BCUT2D eigenvalue weighted by Gasteiger charge is 2.32. The zero-order chi connectivity index (χ0) is 11.0. The van der Waals surface area contributed by atoms with Gasteiger partial charge in [-0.3, -0.25) is 4.84 Å². The second-order valence-electron chi connectivity index (χ2n) is 3.04. The third-order valence-electron chi connectivity index (χ3n) is 2.01. The van der Waals surface area contributed by atoms with Crippen LogP contribution in [-0.2, 0) is 9.63 Å². The molecule has 0 spiro atoms. The fraction of sp³-hybridized carbons (Fsp3) is 0.250. The van der Waals surface area contributed by atoms with Crippen molar-refractivity contribution >= 4 is 12.0 Å². The van der Waals surface area contributed by atoms with Gasteiger partial charge in [0.15, 0.2) is 7.05 Å². The van der Waals surface area contributed by atoms with E-state index in [1.165, 1.54) is 10.8 Å². The van der Waals surface area contributed by atoms with Gasteiger partial charge in [-0.05, 0) is 11.6 Å². The number of nitrogens with zero attached hydrogens (tertiary/aromatic N) is 2. The van der Waals surface area contributed by atoms with Gasteiger partial charge < -0.3 is 4.52 Å². The minimum atomic E-state index is -0.600. The molecule has 0 saturated heterocycles. The van der Waals surface area contributed by atoms with Gasteiger partial charge in [-0.15, -0.1) is 0 Å². The number of carbonyl (C=O) groups is 1. The monoisotopic (exact) mass is 210 g/mol. The first kappa shape index (κ1) is 9.38. The van der Waals surface area contributed by atoms with Gasteiger partial charge in [0.05, 0.1) is 11.3 Å². The number of hydrogen-bond donors (Lipinski definition) is 1. The van der Waals surface area contributed by atoms with Gasteiger partial charge in [0, 0.05) is 6.08 Å². The van der Waals surface area contributed by atoms with Crippen LogP contribution >= 0.6 is 0 Å². The molecule has 1 N–H and O–H groups in total. The number of aryl methyl sites for hydroxylation is 1. The van der Waals surface area contributed by atoms with Crippen LogP contribution < -0.4 is 5.63 Å². The minimum Gasteiger partial charge on any atom is -0.338 e. The molecule has 2 heterocycles. The van der Waals surface area contributed by atoms with Crippen molar-refractivity contribution in [1.82, 2.24) is 5.16 Å². The molecule has 0 unspecified atom stereocenters. The van der Waals surface area contributed by atoms with Gasteiger partial charge in [-0.25, -0.2) is 14.7 Å². The Hall–Kier alpha value is -2.18. The fourth-order valence-electron chi connectivity index (χ4n) is 1.16. The van der Waals surface area contributed by atoms with Crippen LogP contribution in [0.15, 0.2) is 20.3 Å². The summed E-state index contributed by atoms with van der Waals surface area (Å²) in [5.41, 5.74) is 0.476. The summed E-state index contributed by atoms with van der Waals surface area (Å²) < 4.78 is 5.79. The van der Waals surface area contributed by atoms with Crippen molar-refractivity contribution in [3.63, 3.8) is 0 Å². The Bertz CT molecular complexity index is 534. The summed E-state index contributed by atoms with van der Waals surface area (Å²) in [6.45, 7) is 1.66. The van der Waals surface area contributed by atoms with Crippen molar-refractivity contribution < 1.29 is 18.9 Å². The molecule has 15 heavy (non-hydrogen) atoms. The number of H-pyrrole nitrogens is 1. The average Bonchev–Trinajstić information content (AvgIpc) is 2.67. The highest BCUT2D eigenvalue weighted by atomic mass is 16.7. The van der Waals surface area contributed by atoms with Crippen molar-refractivity contribution in [1.29, 1.82) is 0 Å². The Kier molecular flexibility index (Phi) is 2.00. The molecule has 78 valence electrons. The Labute approximate surface area is 83.6 Å². The standard InChI is InChI=1S/C8H7N3O4/c1-4-5(7(12)14-9-4)3-6-8(13)15-10-11(6)2/h3H,1-2H3/p+1. The van der Waals surface area contributed by atoms with Crippen LogP contribution in [0.1, 0.15) is 11.3 Å². The number of hydrogen-bond acceptors (Lipinski definition) is 5. The summed E-state index contributed by atoms with van der Waals surface area (Å²) in [4.78, 5) is 26.8. The first-order valence-corrected chi connectivity index (χ1v) is 4.15. The number of aromatic amines is 1. The Morgan fingerprint density at radius 2 is 2.20 bits per heavy atom. The first-order valence-electron chi connectivity index (χ1n) is 4.15. The maximum Gasteiger partial charge on any atom is 0.437 e. The SMILES string of the molecule is Cc1[nH]oc(=O)c1/C=C1\C(=O)ON=[N+]1C. The van der Waals surface area contributed by atoms with E-state index in [2.05, 4.69) is 19.8 Å². The third kappa shape index (κ3) is 1.47. The summed E-state index contributed by atoms with van der Waals surface area (Å²) in [5.74, 6) is -0.600.